The number of rotatable bonds is 7. The van der Waals surface area contributed by atoms with E-state index in [9.17, 15) is 4.79 Å². The molecule has 1 aliphatic carbocycles. The quantitative estimate of drug-likeness (QED) is 0.300. The molecule has 1 saturated carbocycles. The number of likely N-dealkylation sites (tertiary alicyclic amines) is 1. The van der Waals surface area contributed by atoms with Crippen LogP contribution in [0.2, 0.25) is 0 Å². The van der Waals surface area contributed by atoms with E-state index in [0.29, 0.717) is 6.54 Å². The van der Waals surface area contributed by atoms with Crippen LogP contribution in [0.15, 0.2) is 59.6 Å². The molecule has 1 heterocycles. The van der Waals surface area contributed by atoms with E-state index in [2.05, 4.69) is 47.9 Å². The predicted octanol–water partition coefficient (Wildman–Crippen LogP) is 4.72. The Bertz CT molecular complexity index is 888. The third kappa shape index (κ3) is 6.24. The van der Waals surface area contributed by atoms with Crippen molar-refractivity contribution >= 4 is 35.8 Å². The lowest BCUT2D eigenvalue weighted by Gasteiger charge is -2.26. The number of carbonyl (C=O) groups is 1. The van der Waals surface area contributed by atoms with Crippen molar-refractivity contribution in [3.63, 3.8) is 0 Å². The van der Waals surface area contributed by atoms with Gasteiger partial charge in [0.05, 0.1) is 6.54 Å². The maximum absolute atomic E-state index is 12.6. The first kappa shape index (κ1) is 24.6. The Kier molecular flexibility index (Phi) is 8.96. The highest BCUT2D eigenvalue weighted by molar-refractivity contribution is 14.0. The molecule has 2 N–H and O–H groups in total. The summed E-state index contributed by atoms with van der Waals surface area (Å²) in [6.45, 7) is 6.16. The van der Waals surface area contributed by atoms with Crippen molar-refractivity contribution in [3.05, 3.63) is 71.3 Å². The van der Waals surface area contributed by atoms with Crippen LogP contribution < -0.4 is 10.6 Å². The molecule has 1 aliphatic heterocycles. The summed E-state index contributed by atoms with van der Waals surface area (Å²) >= 11 is 0. The van der Waals surface area contributed by atoms with Gasteiger partial charge in [-0.3, -0.25) is 4.79 Å². The number of amides is 1. The SMILES string of the molecule is CCNC(=NCc1ccc(C(=O)N2CCCCC2)cc1)NCC1(c2ccccc2)CC1.I. The number of nitrogens with zero attached hydrogens (tertiary/aromatic N) is 2. The first-order valence-electron chi connectivity index (χ1n) is 11.7. The van der Waals surface area contributed by atoms with Gasteiger partial charge in [0, 0.05) is 37.2 Å². The van der Waals surface area contributed by atoms with Crippen LogP contribution in [-0.4, -0.2) is 42.9 Å². The van der Waals surface area contributed by atoms with Crippen molar-refractivity contribution in [3.8, 4) is 0 Å². The topological polar surface area (TPSA) is 56.7 Å². The minimum atomic E-state index is 0. The molecule has 1 amide bonds. The minimum absolute atomic E-state index is 0. The molecule has 0 aromatic heterocycles. The second kappa shape index (κ2) is 11.7. The number of carbonyl (C=O) groups excluding carboxylic acids is 1. The number of piperidine rings is 1. The van der Waals surface area contributed by atoms with Gasteiger partial charge in [0.1, 0.15) is 0 Å². The van der Waals surface area contributed by atoms with Crippen molar-refractivity contribution in [2.75, 3.05) is 26.2 Å². The van der Waals surface area contributed by atoms with Gasteiger partial charge < -0.3 is 15.5 Å². The zero-order valence-corrected chi connectivity index (χ0v) is 21.3. The average molecular weight is 546 g/mol. The third-order valence-electron chi connectivity index (χ3n) is 6.44. The summed E-state index contributed by atoms with van der Waals surface area (Å²) in [4.78, 5) is 19.4. The van der Waals surface area contributed by atoms with E-state index in [1.54, 1.807) is 0 Å². The summed E-state index contributed by atoms with van der Waals surface area (Å²) in [7, 11) is 0. The fourth-order valence-corrected chi connectivity index (χ4v) is 4.31. The van der Waals surface area contributed by atoms with Gasteiger partial charge in [0.25, 0.3) is 5.91 Å². The number of halogens is 1. The molecule has 172 valence electrons. The molecule has 6 heteroatoms. The molecule has 4 rings (SSSR count). The molecular weight excluding hydrogens is 511 g/mol. The van der Waals surface area contributed by atoms with Gasteiger partial charge in [-0.2, -0.15) is 0 Å². The molecule has 2 fully saturated rings. The summed E-state index contributed by atoms with van der Waals surface area (Å²) in [5, 5.41) is 6.90. The van der Waals surface area contributed by atoms with E-state index in [-0.39, 0.29) is 35.3 Å². The van der Waals surface area contributed by atoms with Gasteiger partial charge in [-0.15, -0.1) is 24.0 Å². The number of hydrogen-bond acceptors (Lipinski definition) is 2. The Morgan fingerprint density at radius 3 is 2.28 bits per heavy atom. The summed E-state index contributed by atoms with van der Waals surface area (Å²) in [6.07, 6.45) is 5.90. The van der Waals surface area contributed by atoms with E-state index >= 15 is 0 Å². The molecule has 0 radical (unpaired) electrons. The van der Waals surface area contributed by atoms with Crippen molar-refractivity contribution in [1.29, 1.82) is 0 Å². The molecule has 0 bridgehead atoms. The summed E-state index contributed by atoms with van der Waals surface area (Å²) in [6, 6.07) is 18.7. The van der Waals surface area contributed by atoms with Gasteiger partial charge in [-0.1, -0.05) is 42.5 Å². The van der Waals surface area contributed by atoms with Crippen LogP contribution in [0.4, 0.5) is 0 Å². The highest BCUT2D eigenvalue weighted by atomic mass is 127. The van der Waals surface area contributed by atoms with E-state index in [1.165, 1.54) is 24.8 Å². The highest BCUT2D eigenvalue weighted by Crippen LogP contribution is 2.47. The lowest BCUT2D eigenvalue weighted by Crippen LogP contribution is -2.41. The zero-order valence-electron chi connectivity index (χ0n) is 19.0. The van der Waals surface area contributed by atoms with Crippen molar-refractivity contribution < 1.29 is 4.79 Å². The molecule has 0 unspecified atom stereocenters. The van der Waals surface area contributed by atoms with Crippen LogP contribution in [0.25, 0.3) is 0 Å². The Hall–Kier alpha value is -2.09. The second-order valence-corrected chi connectivity index (χ2v) is 8.74. The maximum Gasteiger partial charge on any atom is 0.253 e. The van der Waals surface area contributed by atoms with Gasteiger partial charge >= 0.3 is 0 Å². The zero-order chi connectivity index (χ0) is 21.5. The van der Waals surface area contributed by atoms with Crippen LogP contribution in [0.1, 0.15) is 60.5 Å². The lowest BCUT2D eigenvalue weighted by atomic mass is 9.96. The van der Waals surface area contributed by atoms with Gasteiger partial charge in [-0.25, -0.2) is 4.99 Å². The Morgan fingerprint density at radius 1 is 0.969 bits per heavy atom. The molecule has 2 aromatic carbocycles. The number of guanidine groups is 1. The molecular formula is C26H35IN4O. The van der Waals surface area contributed by atoms with Crippen LogP contribution in [0.3, 0.4) is 0 Å². The molecule has 0 spiro atoms. The fraction of sp³-hybridized carbons (Fsp3) is 0.462. The molecule has 2 aliphatic rings. The first-order valence-corrected chi connectivity index (χ1v) is 11.7. The van der Waals surface area contributed by atoms with E-state index in [1.807, 2.05) is 29.2 Å². The minimum Gasteiger partial charge on any atom is -0.357 e. The van der Waals surface area contributed by atoms with Crippen molar-refractivity contribution in [2.24, 2.45) is 4.99 Å². The predicted molar refractivity (Wildman–Crippen MR) is 142 cm³/mol. The van der Waals surface area contributed by atoms with Crippen LogP contribution in [-0.2, 0) is 12.0 Å². The average Bonchev–Trinajstić information content (AvgIpc) is 3.63. The monoisotopic (exact) mass is 546 g/mol. The standard InChI is InChI=1S/C26H34N4O.HI/c1-2-27-25(29-20-26(15-16-26)23-9-5-3-6-10-23)28-19-21-11-13-22(14-12-21)24(31)30-17-7-4-8-18-30;/h3,5-6,9-14H,2,4,7-8,15-20H2,1H3,(H2,27,28,29);1H. The Balaban J connectivity index is 0.00000289. The summed E-state index contributed by atoms with van der Waals surface area (Å²) in [5.41, 5.74) is 3.54. The largest absolute Gasteiger partial charge is 0.357 e. The van der Waals surface area contributed by atoms with Crippen LogP contribution in [0.5, 0.6) is 0 Å². The van der Waals surface area contributed by atoms with Gasteiger partial charge in [0.2, 0.25) is 0 Å². The Labute approximate surface area is 209 Å². The number of nitrogens with one attached hydrogen (secondary N) is 2. The van der Waals surface area contributed by atoms with Gasteiger partial charge in [0.15, 0.2) is 5.96 Å². The molecule has 32 heavy (non-hydrogen) atoms. The number of benzene rings is 2. The van der Waals surface area contributed by atoms with E-state index < -0.39 is 0 Å². The van der Waals surface area contributed by atoms with Crippen LogP contribution >= 0.6 is 24.0 Å². The summed E-state index contributed by atoms with van der Waals surface area (Å²) < 4.78 is 0. The number of aliphatic imine (C=N–C) groups is 1. The van der Waals surface area contributed by atoms with Crippen molar-refractivity contribution in [1.82, 2.24) is 15.5 Å². The first-order chi connectivity index (χ1) is 15.2. The smallest absolute Gasteiger partial charge is 0.253 e. The Morgan fingerprint density at radius 2 is 1.66 bits per heavy atom. The van der Waals surface area contributed by atoms with E-state index in [4.69, 9.17) is 4.99 Å². The second-order valence-electron chi connectivity index (χ2n) is 8.74. The normalized spacial score (nSPS) is 17.3. The molecule has 2 aromatic rings. The third-order valence-corrected chi connectivity index (χ3v) is 6.44. The van der Waals surface area contributed by atoms with E-state index in [0.717, 1.165) is 56.1 Å². The molecule has 1 saturated heterocycles. The summed E-state index contributed by atoms with van der Waals surface area (Å²) in [5.74, 6) is 0.999. The van der Waals surface area contributed by atoms with Gasteiger partial charge in [-0.05, 0) is 62.3 Å². The fourth-order valence-electron chi connectivity index (χ4n) is 4.31. The maximum atomic E-state index is 12.6. The van der Waals surface area contributed by atoms with Crippen molar-refractivity contribution in [2.45, 2.75) is 51.0 Å². The lowest BCUT2D eigenvalue weighted by molar-refractivity contribution is 0.0724. The molecule has 5 nitrogen and oxygen atoms in total. The van der Waals surface area contributed by atoms with Crippen LogP contribution in [0, 0.1) is 0 Å². The molecule has 0 atom stereocenters. The highest BCUT2D eigenvalue weighted by Gasteiger charge is 2.44. The number of hydrogen-bond donors (Lipinski definition) is 2.